The van der Waals surface area contributed by atoms with Gasteiger partial charge in [0.15, 0.2) is 0 Å². The Balaban J connectivity index is 2.57. The predicted molar refractivity (Wildman–Crippen MR) is 97.6 cm³/mol. The van der Waals surface area contributed by atoms with Crippen LogP contribution in [0, 0.1) is 5.92 Å². The first kappa shape index (κ1) is 20.2. The third-order valence-corrected chi connectivity index (χ3v) is 3.91. The maximum Gasteiger partial charge on any atom is 0.240 e. The Hall–Kier alpha value is -1.88. The van der Waals surface area contributed by atoms with Crippen molar-refractivity contribution in [3.63, 3.8) is 0 Å². The average Bonchev–Trinajstić information content (AvgIpc) is 2.49. The van der Waals surface area contributed by atoms with Gasteiger partial charge in [-0.25, -0.2) is 0 Å². The zero-order valence-corrected chi connectivity index (χ0v) is 15.3. The highest BCUT2D eigenvalue weighted by Crippen LogP contribution is 2.15. The highest BCUT2D eigenvalue weighted by Gasteiger charge is 2.18. The number of benzene rings is 1. The van der Waals surface area contributed by atoms with Gasteiger partial charge in [-0.2, -0.15) is 0 Å². The van der Waals surface area contributed by atoms with E-state index in [0.29, 0.717) is 31.7 Å². The molecule has 0 spiro atoms. The third-order valence-electron chi connectivity index (χ3n) is 3.91. The van der Waals surface area contributed by atoms with Crippen molar-refractivity contribution in [3.8, 4) is 0 Å². The number of carbonyl (C=O) groups is 2. The molecule has 24 heavy (non-hydrogen) atoms. The largest absolute Gasteiger partial charge is 0.368 e. The van der Waals surface area contributed by atoms with Gasteiger partial charge in [0.1, 0.15) is 6.04 Å². The minimum absolute atomic E-state index is 0.128. The van der Waals surface area contributed by atoms with Crippen LogP contribution < -0.4 is 11.1 Å². The van der Waals surface area contributed by atoms with Gasteiger partial charge in [0.25, 0.3) is 0 Å². The minimum atomic E-state index is -0.606. The summed E-state index contributed by atoms with van der Waals surface area (Å²) in [6, 6.07) is 7.62. The predicted octanol–water partition coefficient (Wildman–Crippen LogP) is 1.74. The number of nitrogens with two attached hydrogens (primary N) is 1. The van der Waals surface area contributed by atoms with Gasteiger partial charge in [0.05, 0.1) is 0 Å². The normalized spacial score (nSPS) is 12.4. The molecule has 0 radical (unpaired) electrons. The number of nitrogens with zero attached hydrogens (tertiary/aromatic N) is 1. The average molecular weight is 333 g/mol. The SMILES string of the molecule is CC(C)Cc1ccccc1CCC(=O)NC(CCN(C)C)C(N)=O. The van der Waals surface area contributed by atoms with E-state index in [-0.39, 0.29) is 5.91 Å². The van der Waals surface area contributed by atoms with Gasteiger partial charge in [-0.1, -0.05) is 38.1 Å². The number of aryl methyl sites for hydroxylation is 1. The molecule has 0 aliphatic heterocycles. The topological polar surface area (TPSA) is 75.4 Å². The zero-order chi connectivity index (χ0) is 18.1. The lowest BCUT2D eigenvalue weighted by atomic mass is 9.95. The van der Waals surface area contributed by atoms with Crippen LogP contribution in [-0.4, -0.2) is 43.4 Å². The number of hydrogen-bond donors (Lipinski definition) is 2. The Kier molecular flexibility index (Phi) is 8.47. The fourth-order valence-corrected chi connectivity index (χ4v) is 2.63. The summed E-state index contributed by atoms with van der Waals surface area (Å²) in [5.41, 5.74) is 7.88. The van der Waals surface area contributed by atoms with Crippen molar-refractivity contribution in [1.29, 1.82) is 0 Å². The first-order valence-electron chi connectivity index (χ1n) is 8.59. The molecule has 5 nitrogen and oxygen atoms in total. The van der Waals surface area contributed by atoms with E-state index in [1.54, 1.807) is 0 Å². The molecule has 3 N–H and O–H groups in total. The number of carbonyl (C=O) groups excluding carboxylic acids is 2. The monoisotopic (exact) mass is 333 g/mol. The van der Waals surface area contributed by atoms with Crippen LogP contribution in [0.3, 0.4) is 0 Å². The molecular formula is C19H31N3O2. The Bertz CT molecular complexity index is 541. The summed E-state index contributed by atoms with van der Waals surface area (Å²) in [7, 11) is 3.84. The van der Waals surface area contributed by atoms with E-state index in [2.05, 4.69) is 31.3 Å². The molecule has 5 heteroatoms. The first-order valence-corrected chi connectivity index (χ1v) is 8.59. The van der Waals surface area contributed by atoms with Crippen molar-refractivity contribution < 1.29 is 9.59 Å². The van der Waals surface area contributed by atoms with Crippen LogP contribution in [0.15, 0.2) is 24.3 Å². The molecule has 1 atom stereocenters. The first-order chi connectivity index (χ1) is 11.3. The van der Waals surface area contributed by atoms with Crippen molar-refractivity contribution in [1.82, 2.24) is 10.2 Å². The fourth-order valence-electron chi connectivity index (χ4n) is 2.63. The van der Waals surface area contributed by atoms with Gasteiger partial charge < -0.3 is 16.0 Å². The summed E-state index contributed by atoms with van der Waals surface area (Å²) in [5.74, 6) is -0.0347. The Morgan fingerprint density at radius 2 is 1.79 bits per heavy atom. The van der Waals surface area contributed by atoms with Crippen molar-refractivity contribution in [2.75, 3.05) is 20.6 Å². The van der Waals surface area contributed by atoms with Gasteiger partial charge >= 0.3 is 0 Å². The molecule has 0 fully saturated rings. The highest BCUT2D eigenvalue weighted by molar-refractivity contribution is 5.86. The summed E-state index contributed by atoms with van der Waals surface area (Å²) in [5, 5.41) is 2.76. The van der Waals surface area contributed by atoms with Gasteiger partial charge in [0, 0.05) is 6.42 Å². The molecule has 2 amide bonds. The number of amides is 2. The summed E-state index contributed by atoms with van der Waals surface area (Å²) < 4.78 is 0. The lowest BCUT2D eigenvalue weighted by Crippen LogP contribution is -2.45. The summed E-state index contributed by atoms with van der Waals surface area (Å²) in [6.07, 6.45) is 2.57. The van der Waals surface area contributed by atoms with Gasteiger partial charge in [-0.05, 0) is 56.9 Å². The van der Waals surface area contributed by atoms with Crippen molar-refractivity contribution in [3.05, 3.63) is 35.4 Å². The van der Waals surface area contributed by atoms with E-state index >= 15 is 0 Å². The number of hydrogen-bond acceptors (Lipinski definition) is 3. The minimum Gasteiger partial charge on any atom is -0.368 e. The standard InChI is InChI=1S/C19H31N3O2/c1-14(2)13-16-8-6-5-7-15(16)9-10-18(23)21-17(19(20)24)11-12-22(3)4/h5-8,14,17H,9-13H2,1-4H3,(H2,20,24)(H,21,23). The molecule has 1 rings (SSSR count). The molecule has 0 heterocycles. The second-order valence-electron chi connectivity index (χ2n) is 6.98. The Morgan fingerprint density at radius 1 is 1.17 bits per heavy atom. The van der Waals surface area contributed by atoms with Crippen LogP contribution in [-0.2, 0) is 22.4 Å². The molecule has 0 saturated heterocycles. The second-order valence-corrected chi connectivity index (χ2v) is 6.98. The maximum atomic E-state index is 12.2. The van der Waals surface area contributed by atoms with Crippen LogP contribution in [0.25, 0.3) is 0 Å². The van der Waals surface area contributed by atoms with E-state index in [0.717, 1.165) is 6.42 Å². The summed E-state index contributed by atoms with van der Waals surface area (Å²) in [6.45, 7) is 5.07. The van der Waals surface area contributed by atoms with Gasteiger partial charge in [-0.3, -0.25) is 9.59 Å². The second kappa shape index (κ2) is 10.1. The van der Waals surface area contributed by atoms with E-state index in [9.17, 15) is 9.59 Å². The maximum absolute atomic E-state index is 12.2. The Labute approximate surface area is 145 Å². The van der Waals surface area contributed by atoms with Crippen LogP contribution in [0.4, 0.5) is 0 Å². The molecule has 0 aliphatic carbocycles. The van der Waals surface area contributed by atoms with Crippen molar-refractivity contribution in [2.24, 2.45) is 11.7 Å². The fraction of sp³-hybridized carbons (Fsp3) is 0.579. The molecular weight excluding hydrogens is 302 g/mol. The molecule has 0 bridgehead atoms. The van der Waals surface area contributed by atoms with E-state index < -0.39 is 11.9 Å². The van der Waals surface area contributed by atoms with Crippen molar-refractivity contribution in [2.45, 2.75) is 45.6 Å². The molecule has 0 aromatic heterocycles. The molecule has 0 saturated carbocycles. The van der Waals surface area contributed by atoms with Crippen molar-refractivity contribution >= 4 is 11.8 Å². The number of rotatable bonds is 10. The molecule has 1 aromatic rings. The zero-order valence-electron chi connectivity index (χ0n) is 15.3. The van der Waals surface area contributed by atoms with Gasteiger partial charge in [-0.15, -0.1) is 0 Å². The molecule has 0 aliphatic rings. The number of nitrogens with one attached hydrogen (secondary N) is 1. The number of primary amides is 1. The smallest absolute Gasteiger partial charge is 0.240 e. The molecule has 1 aromatic carbocycles. The van der Waals surface area contributed by atoms with E-state index in [4.69, 9.17) is 5.73 Å². The summed E-state index contributed by atoms with van der Waals surface area (Å²) in [4.78, 5) is 25.6. The molecule has 1 unspecified atom stereocenters. The van der Waals surface area contributed by atoms with E-state index in [1.165, 1.54) is 11.1 Å². The van der Waals surface area contributed by atoms with Gasteiger partial charge in [0.2, 0.25) is 11.8 Å². The van der Waals surface area contributed by atoms with Crippen LogP contribution in [0.5, 0.6) is 0 Å². The lowest BCUT2D eigenvalue weighted by Gasteiger charge is -2.18. The molecule has 134 valence electrons. The highest BCUT2D eigenvalue weighted by atomic mass is 16.2. The van der Waals surface area contributed by atoms with Crippen LogP contribution in [0.2, 0.25) is 0 Å². The quantitative estimate of drug-likeness (QED) is 0.685. The third kappa shape index (κ3) is 7.59. The van der Waals surface area contributed by atoms with Crippen LogP contribution in [0.1, 0.15) is 37.8 Å². The van der Waals surface area contributed by atoms with Crippen LogP contribution >= 0.6 is 0 Å². The van der Waals surface area contributed by atoms with E-state index in [1.807, 2.05) is 31.1 Å². The Morgan fingerprint density at radius 3 is 2.33 bits per heavy atom. The lowest BCUT2D eigenvalue weighted by molar-refractivity contribution is -0.127. The summed E-state index contributed by atoms with van der Waals surface area (Å²) >= 11 is 0.